The Morgan fingerprint density at radius 1 is 0.974 bits per heavy atom. The zero-order valence-corrected chi connectivity index (χ0v) is 24.6. The number of aliphatic carboxylic acids is 1. The molecule has 9 heteroatoms. The van der Waals surface area contributed by atoms with Gasteiger partial charge in [-0.05, 0) is 53.5 Å². The molecule has 216 valence electrons. The summed E-state index contributed by atoms with van der Waals surface area (Å²) in [4.78, 5) is 40.7. The summed E-state index contributed by atoms with van der Waals surface area (Å²) in [6.45, 7) is 17.6. The van der Waals surface area contributed by atoms with Gasteiger partial charge >= 0.3 is 11.9 Å². The van der Waals surface area contributed by atoms with E-state index in [2.05, 4.69) is 22.9 Å². The summed E-state index contributed by atoms with van der Waals surface area (Å²) in [5.41, 5.74) is -0.0470. The van der Waals surface area contributed by atoms with Crippen molar-refractivity contribution in [1.82, 2.24) is 9.80 Å². The van der Waals surface area contributed by atoms with Crippen molar-refractivity contribution in [3.63, 3.8) is 0 Å². The molecule has 0 saturated carbocycles. The molecule has 0 aromatic carbocycles. The van der Waals surface area contributed by atoms with Crippen LogP contribution in [0, 0.1) is 5.92 Å². The maximum atomic E-state index is 12.7. The Labute approximate surface area is 229 Å². The molecule has 0 amide bonds. The van der Waals surface area contributed by atoms with Crippen LogP contribution in [0.1, 0.15) is 54.4 Å². The average molecular weight is 537 g/mol. The summed E-state index contributed by atoms with van der Waals surface area (Å²) >= 11 is 0. The fourth-order valence-corrected chi connectivity index (χ4v) is 4.75. The molecule has 38 heavy (non-hydrogen) atoms. The Morgan fingerprint density at radius 2 is 1.58 bits per heavy atom. The molecule has 1 aliphatic carbocycles. The minimum Gasteiger partial charge on any atom is -0.481 e. The highest BCUT2D eigenvalue weighted by Gasteiger charge is 2.31. The van der Waals surface area contributed by atoms with Gasteiger partial charge in [0.2, 0.25) is 0 Å². The van der Waals surface area contributed by atoms with Crippen molar-refractivity contribution in [2.45, 2.75) is 65.6 Å². The van der Waals surface area contributed by atoms with Crippen LogP contribution in [0.25, 0.3) is 0 Å². The molecule has 9 nitrogen and oxygen atoms in total. The number of hydrogen-bond donors (Lipinski definition) is 1. The molecule has 1 N–H and O–H groups in total. The molecule has 2 unspecified atom stereocenters. The first kappa shape index (κ1) is 32.1. The smallest absolute Gasteiger partial charge is 0.320 e. The summed E-state index contributed by atoms with van der Waals surface area (Å²) in [5, 5.41) is 9.08. The lowest BCUT2D eigenvalue weighted by Crippen LogP contribution is -2.53. The minimum atomic E-state index is -0.814. The van der Waals surface area contributed by atoms with E-state index in [1.165, 1.54) is 0 Å². The third-order valence-electron chi connectivity index (χ3n) is 6.78. The van der Waals surface area contributed by atoms with Gasteiger partial charge in [-0.3, -0.25) is 24.2 Å². The Balaban J connectivity index is 2.10. The van der Waals surface area contributed by atoms with E-state index in [-0.39, 0.29) is 36.9 Å². The van der Waals surface area contributed by atoms with E-state index in [0.717, 1.165) is 49.2 Å². The van der Waals surface area contributed by atoms with E-state index in [1.807, 2.05) is 53.7 Å². The molecule has 2 atom stereocenters. The van der Waals surface area contributed by atoms with Gasteiger partial charge in [-0.1, -0.05) is 18.2 Å². The number of esters is 1. The molecule has 1 heterocycles. The zero-order chi connectivity index (χ0) is 28.6. The second-order valence-corrected chi connectivity index (χ2v) is 13.0. The Hall–Kier alpha value is -2.07. The van der Waals surface area contributed by atoms with Crippen LogP contribution in [-0.2, 0) is 23.9 Å². The second-order valence-electron chi connectivity index (χ2n) is 13.0. The number of quaternary nitrogens is 1. The monoisotopic (exact) mass is 536 g/mol. The number of nitrogens with zero attached hydrogens (tertiary/aromatic N) is 3. The van der Waals surface area contributed by atoms with Crippen LogP contribution in [-0.4, -0.2) is 121 Å². The number of carboxylic acids is 1. The molecular formula is C29H50N3O6+. The van der Waals surface area contributed by atoms with Crippen LogP contribution in [0.2, 0.25) is 0 Å². The normalized spacial score (nSPS) is 24.2. The predicted octanol–water partition coefficient (Wildman–Crippen LogP) is 2.75. The third-order valence-corrected chi connectivity index (χ3v) is 6.78. The van der Waals surface area contributed by atoms with E-state index in [1.54, 1.807) is 0 Å². The van der Waals surface area contributed by atoms with E-state index in [0.29, 0.717) is 25.6 Å². The standard InChI is InChI=1S/C29H49N3O6/c1-28(2,3)37-22-25(33)19-30-12-13-31(20-27(36)38-29(4,5)6)15-17-32(7,16-14-30)21-24-10-8-23(9-11-24)18-26(34)35/h8-10,24H,11-22H2,1-7H3/p+1. The SMILES string of the molecule is CC(C)(C)OCC(=O)CN1CCN(CC(=O)OC(C)(C)C)CC[N+](C)(CC2C=CC(CC(=O)O)=CC2)CC1. The van der Waals surface area contributed by atoms with E-state index in [4.69, 9.17) is 14.6 Å². The summed E-state index contributed by atoms with van der Waals surface area (Å²) in [6, 6.07) is 0. The quantitative estimate of drug-likeness (QED) is 0.336. The lowest BCUT2D eigenvalue weighted by Gasteiger charge is -2.38. The van der Waals surface area contributed by atoms with Crippen molar-refractivity contribution in [3.8, 4) is 0 Å². The number of ether oxygens (including phenoxy) is 2. The van der Waals surface area contributed by atoms with Crippen molar-refractivity contribution in [2.75, 3.05) is 72.6 Å². The number of hydrogen-bond acceptors (Lipinski definition) is 7. The lowest BCUT2D eigenvalue weighted by molar-refractivity contribution is -0.910. The summed E-state index contributed by atoms with van der Waals surface area (Å²) in [5.74, 6) is -0.685. The van der Waals surface area contributed by atoms with Gasteiger partial charge in [0.1, 0.15) is 12.2 Å². The fraction of sp³-hybridized carbons (Fsp3) is 0.759. The number of rotatable bonds is 10. The molecular weight excluding hydrogens is 486 g/mol. The van der Waals surface area contributed by atoms with Crippen LogP contribution in [0.3, 0.4) is 0 Å². The Kier molecular flexibility index (Phi) is 11.7. The highest BCUT2D eigenvalue weighted by atomic mass is 16.6. The number of carbonyl (C=O) groups is 3. The Morgan fingerprint density at radius 3 is 2.08 bits per heavy atom. The topological polar surface area (TPSA) is 96.4 Å². The molecule has 2 rings (SSSR count). The number of Topliss-reactive ketones (excluding diaryl/α,β-unsaturated/α-hetero) is 1. The van der Waals surface area contributed by atoms with Gasteiger partial charge in [-0.2, -0.15) is 0 Å². The van der Waals surface area contributed by atoms with Gasteiger partial charge < -0.3 is 19.1 Å². The number of allylic oxidation sites excluding steroid dienone is 2. The largest absolute Gasteiger partial charge is 0.481 e. The molecule has 1 aliphatic heterocycles. The van der Waals surface area contributed by atoms with Crippen LogP contribution >= 0.6 is 0 Å². The number of carboxylic acid groups (broad SMARTS) is 1. The van der Waals surface area contributed by atoms with Crippen molar-refractivity contribution in [3.05, 3.63) is 23.8 Å². The highest BCUT2D eigenvalue weighted by Crippen LogP contribution is 2.22. The van der Waals surface area contributed by atoms with Gasteiger partial charge in [0, 0.05) is 32.1 Å². The zero-order valence-electron chi connectivity index (χ0n) is 24.6. The van der Waals surface area contributed by atoms with Gasteiger partial charge in [0.05, 0.1) is 51.8 Å². The molecule has 0 aromatic rings. The molecule has 0 aromatic heterocycles. The first-order valence-corrected chi connectivity index (χ1v) is 13.8. The van der Waals surface area contributed by atoms with Crippen molar-refractivity contribution in [2.24, 2.45) is 5.92 Å². The molecule has 1 saturated heterocycles. The number of carbonyl (C=O) groups excluding carboxylic acids is 2. The maximum Gasteiger partial charge on any atom is 0.320 e. The highest BCUT2D eigenvalue weighted by molar-refractivity contribution is 5.81. The van der Waals surface area contributed by atoms with E-state index in [9.17, 15) is 14.4 Å². The van der Waals surface area contributed by atoms with Gasteiger partial charge in [0.25, 0.3) is 0 Å². The summed E-state index contributed by atoms with van der Waals surface area (Å²) in [7, 11) is 2.24. The van der Waals surface area contributed by atoms with E-state index >= 15 is 0 Å². The van der Waals surface area contributed by atoms with E-state index < -0.39 is 11.6 Å². The van der Waals surface area contributed by atoms with Gasteiger partial charge in [0.15, 0.2) is 5.78 Å². The molecule has 0 radical (unpaired) electrons. The van der Waals surface area contributed by atoms with Crippen molar-refractivity contribution < 1.29 is 33.4 Å². The fourth-order valence-electron chi connectivity index (χ4n) is 4.75. The molecule has 0 bridgehead atoms. The second kappa shape index (κ2) is 13.8. The van der Waals surface area contributed by atoms with Crippen LogP contribution in [0.5, 0.6) is 0 Å². The summed E-state index contributed by atoms with van der Waals surface area (Å²) < 4.78 is 12.1. The Bertz CT molecular complexity index is 886. The van der Waals surface area contributed by atoms with Crippen LogP contribution in [0.4, 0.5) is 0 Å². The van der Waals surface area contributed by atoms with Crippen LogP contribution < -0.4 is 0 Å². The van der Waals surface area contributed by atoms with Crippen molar-refractivity contribution >= 4 is 17.7 Å². The van der Waals surface area contributed by atoms with Crippen molar-refractivity contribution in [1.29, 1.82) is 0 Å². The van der Waals surface area contributed by atoms with Crippen LogP contribution in [0.15, 0.2) is 23.8 Å². The predicted molar refractivity (Wildman–Crippen MR) is 148 cm³/mol. The maximum absolute atomic E-state index is 12.7. The minimum absolute atomic E-state index is 0.0525. The number of likely N-dealkylation sites (N-methyl/N-ethyl adjacent to an activating group) is 1. The van der Waals surface area contributed by atoms with Gasteiger partial charge in [-0.25, -0.2) is 0 Å². The lowest BCUT2D eigenvalue weighted by atomic mass is 9.94. The third kappa shape index (κ3) is 13.1. The average Bonchev–Trinajstić information content (AvgIpc) is 2.83. The number of ketones is 1. The first-order chi connectivity index (χ1) is 17.5. The molecule has 0 spiro atoms. The molecule has 2 aliphatic rings. The van der Waals surface area contributed by atoms with Gasteiger partial charge in [-0.15, -0.1) is 0 Å². The molecule has 1 fully saturated rings. The summed E-state index contributed by atoms with van der Waals surface area (Å²) in [6.07, 6.45) is 6.99. The first-order valence-electron chi connectivity index (χ1n) is 13.8.